The van der Waals surface area contributed by atoms with Crippen LogP contribution in [0.25, 0.3) is 0 Å². The number of rotatable bonds is 5. The number of β-amino-alcohol motifs (C(OH)–C–C–N with tert-alkyl or cyclic N) is 1. The Morgan fingerprint density at radius 2 is 1.81 bits per heavy atom. The molecular weight excluding hydrogens is 352 g/mol. The highest BCUT2D eigenvalue weighted by molar-refractivity contribution is 7.91. The van der Waals surface area contributed by atoms with E-state index in [0.29, 0.717) is 25.8 Å². The quantitative estimate of drug-likeness (QED) is 0.833. The summed E-state index contributed by atoms with van der Waals surface area (Å²) in [6, 6.07) is 7.98. The Kier molecular flexibility index (Phi) is 5.25. The number of benzene rings is 1. The number of piperidine rings is 1. The van der Waals surface area contributed by atoms with E-state index in [0.717, 1.165) is 24.5 Å². The molecule has 0 bridgehead atoms. The van der Waals surface area contributed by atoms with Gasteiger partial charge in [0, 0.05) is 30.9 Å². The molecule has 7 heteroatoms. The molecule has 0 radical (unpaired) electrons. The van der Waals surface area contributed by atoms with Crippen molar-refractivity contribution >= 4 is 15.5 Å². The lowest BCUT2D eigenvalue weighted by molar-refractivity contribution is -0.0312. The third kappa shape index (κ3) is 4.15. The number of methoxy groups -OCH3 is 1. The van der Waals surface area contributed by atoms with Crippen LogP contribution in [0.4, 0.5) is 5.69 Å². The van der Waals surface area contributed by atoms with Crippen molar-refractivity contribution in [2.45, 2.75) is 37.3 Å². The summed E-state index contributed by atoms with van der Waals surface area (Å²) >= 11 is 0. The summed E-state index contributed by atoms with van der Waals surface area (Å²) in [5.74, 6) is 1.27. The summed E-state index contributed by atoms with van der Waals surface area (Å²) in [5, 5.41) is 11.1. The molecule has 1 atom stereocenters. The van der Waals surface area contributed by atoms with E-state index < -0.39 is 15.4 Å². The van der Waals surface area contributed by atoms with Crippen molar-refractivity contribution in [1.29, 1.82) is 0 Å². The Morgan fingerprint density at radius 1 is 1.19 bits per heavy atom. The molecule has 0 saturated carbocycles. The van der Waals surface area contributed by atoms with Gasteiger partial charge in [0.25, 0.3) is 0 Å². The fraction of sp³-hybridized carbons (Fsp3) is 0.684. The van der Waals surface area contributed by atoms with Gasteiger partial charge in [-0.2, -0.15) is 0 Å². The minimum Gasteiger partial charge on any atom is -0.497 e. The maximum absolute atomic E-state index is 11.9. The van der Waals surface area contributed by atoms with Crippen molar-refractivity contribution in [2.24, 2.45) is 0 Å². The van der Waals surface area contributed by atoms with Crippen molar-refractivity contribution < 1.29 is 18.3 Å². The van der Waals surface area contributed by atoms with Crippen LogP contribution in [0.3, 0.4) is 0 Å². The Labute approximate surface area is 156 Å². The van der Waals surface area contributed by atoms with Crippen LogP contribution in [-0.4, -0.2) is 74.9 Å². The first-order chi connectivity index (χ1) is 12.1. The van der Waals surface area contributed by atoms with Crippen LogP contribution in [-0.2, 0) is 9.84 Å². The predicted molar refractivity (Wildman–Crippen MR) is 104 cm³/mol. The predicted octanol–water partition coefficient (Wildman–Crippen LogP) is 1.54. The van der Waals surface area contributed by atoms with Crippen molar-refractivity contribution in [3.63, 3.8) is 0 Å². The summed E-state index contributed by atoms with van der Waals surface area (Å²) in [5.41, 5.74) is -0.00978. The Bertz CT molecular complexity index is 726. The SMILES string of the molecule is COc1ccc(N2CCC(O)(CN(C)C3(C)CCS(=O)(=O)C3)CC2)cc1. The average Bonchev–Trinajstić information content (AvgIpc) is 2.90. The zero-order chi connectivity index (χ0) is 19.0. The van der Waals surface area contributed by atoms with Crippen LogP contribution >= 0.6 is 0 Å². The standard InChI is InChI=1S/C19H30N2O4S/c1-18(10-13-26(23,24)15-18)20(2)14-19(22)8-11-21(12-9-19)16-4-6-17(25-3)7-5-16/h4-7,22H,8-15H2,1-3H3. The van der Waals surface area contributed by atoms with E-state index in [4.69, 9.17) is 4.74 Å². The van der Waals surface area contributed by atoms with Crippen molar-refractivity contribution in [2.75, 3.05) is 50.2 Å². The highest BCUT2D eigenvalue weighted by Crippen LogP contribution is 2.33. The van der Waals surface area contributed by atoms with Gasteiger partial charge in [-0.05, 0) is 57.5 Å². The van der Waals surface area contributed by atoms with Gasteiger partial charge < -0.3 is 14.7 Å². The fourth-order valence-corrected chi connectivity index (χ4v) is 6.27. The molecule has 1 N–H and O–H groups in total. The third-order valence-corrected chi connectivity index (χ3v) is 7.96. The first-order valence-corrected chi connectivity index (χ1v) is 11.0. The number of aliphatic hydroxyl groups is 1. The van der Waals surface area contributed by atoms with E-state index in [-0.39, 0.29) is 17.0 Å². The largest absolute Gasteiger partial charge is 0.497 e. The Balaban J connectivity index is 1.59. The van der Waals surface area contributed by atoms with Gasteiger partial charge in [-0.3, -0.25) is 4.90 Å². The number of nitrogens with zero attached hydrogens (tertiary/aromatic N) is 2. The normalized spacial score (nSPS) is 27.7. The number of hydrogen-bond acceptors (Lipinski definition) is 6. The molecule has 2 heterocycles. The minimum atomic E-state index is -2.95. The molecule has 0 aliphatic carbocycles. The Morgan fingerprint density at radius 3 is 2.31 bits per heavy atom. The molecule has 2 aliphatic heterocycles. The number of ether oxygens (including phenoxy) is 1. The first-order valence-electron chi connectivity index (χ1n) is 9.18. The van der Waals surface area contributed by atoms with Gasteiger partial charge in [-0.1, -0.05) is 0 Å². The molecule has 3 rings (SSSR count). The van der Waals surface area contributed by atoms with Crippen LogP contribution in [0.15, 0.2) is 24.3 Å². The molecular formula is C19H30N2O4S. The van der Waals surface area contributed by atoms with Gasteiger partial charge >= 0.3 is 0 Å². The van der Waals surface area contributed by atoms with Crippen LogP contribution in [0.1, 0.15) is 26.2 Å². The number of sulfone groups is 1. The second-order valence-corrected chi connectivity index (χ2v) is 10.3. The summed E-state index contributed by atoms with van der Waals surface area (Å²) in [4.78, 5) is 4.33. The Hall–Kier alpha value is -1.31. The second-order valence-electron chi connectivity index (χ2n) is 8.10. The molecule has 6 nitrogen and oxygen atoms in total. The average molecular weight is 383 g/mol. The number of anilines is 1. The zero-order valence-corrected chi connectivity index (χ0v) is 16.8. The highest BCUT2D eigenvalue weighted by Gasteiger charge is 2.44. The second kappa shape index (κ2) is 7.02. The molecule has 26 heavy (non-hydrogen) atoms. The maximum atomic E-state index is 11.9. The first kappa shape index (κ1) is 19.5. The molecule has 1 aromatic rings. The zero-order valence-electron chi connectivity index (χ0n) is 15.9. The van der Waals surface area contributed by atoms with E-state index in [1.165, 1.54) is 0 Å². The molecule has 1 unspecified atom stereocenters. The lowest BCUT2D eigenvalue weighted by Gasteiger charge is -2.44. The fourth-order valence-electron chi connectivity index (χ4n) is 4.06. The van der Waals surface area contributed by atoms with Crippen LogP contribution in [0.5, 0.6) is 5.75 Å². The maximum Gasteiger partial charge on any atom is 0.152 e. The van der Waals surface area contributed by atoms with Gasteiger partial charge in [0.05, 0.1) is 24.2 Å². The van der Waals surface area contributed by atoms with Crippen molar-refractivity contribution in [1.82, 2.24) is 4.90 Å². The molecule has 0 aromatic heterocycles. The van der Waals surface area contributed by atoms with E-state index >= 15 is 0 Å². The van der Waals surface area contributed by atoms with Crippen molar-refractivity contribution in [3.05, 3.63) is 24.3 Å². The van der Waals surface area contributed by atoms with Gasteiger partial charge in [0.2, 0.25) is 0 Å². The van der Waals surface area contributed by atoms with Crippen LogP contribution < -0.4 is 9.64 Å². The molecule has 0 spiro atoms. The van der Waals surface area contributed by atoms with Gasteiger partial charge in [0.15, 0.2) is 9.84 Å². The third-order valence-electron chi connectivity index (χ3n) is 6.07. The van der Waals surface area contributed by atoms with Crippen LogP contribution in [0, 0.1) is 0 Å². The van der Waals surface area contributed by atoms with E-state index in [9.17, 15) is 13.5 Å². The van der Waals surface area contributed by atoms with E-state index in [2.05, 4.69) is 9.80 Å². The van der Waals surface area contributed by atoms with Crippen LogP contribution in [0.2, 0.25) is 0 Å². The molecule has 2 saturated heterocycles. The van der Waals surface area contributed by atoms with Gasteiger partial charge in [-0.15, -0.1) is 0 Å². The van der Waals surface area contributed by atoms with Gasteiger partial charge in [-0.25, -0.2) is 8.42 Å². The smallest absolute Gasteiger partial charge is 0.152 e. The summed E-state index contributed by atoms with van der Waals surface area (Å²) in [7, 11) is 0.643. The molecule has 2 fully saturated rings. The highest BCUT2D eigenvalue weighted by atomic mass is 32.2. The molecule has 1 aromatic carbocycles. The summed E-state index contributed by atoms with van der Waals surface area (Å²) < 4.78 is 28.9. The lowest BCUT2D eigenvalue weighted by atomic mass is 9.88. The van der Waals surface area contributed by atoms with E-state index in [1.807, 2.05) is 38.2 Å². The molecule has 2 aliphatic rings. The molecule has 146 valence electrons. The monoisotopic (exact) mass is 382 g/mol. The van der Waals surface area contributed by atoms with E-state index in [1.54, 1.807) is 7.11 Å². The number of hydrogen-bond donors (Lipinski definition) is 1. The summed E-state index contributed by atoms with van der Waals surface area (Å²) in [6.07, 6.45) is 1.98. The molecule has 0 amide bonds. The topological polar surface area (TPSA) is 70.1 Å². The number of likely N-dealkylation sites (N-methyl/N-ethyl adjacent to an activating group) is 1. The lowest BCUT2D eigenvalue weighted by Crippen LogP contribution is -2.55. The summed E-state index contributed by atoms with van der Waals surface area (Å²) in [6.45, 7) is 4.07. The minimum absolute atomic E-state index is 0.185. The van der Waals surface area contributed by atoms with Gasteiger partial charge in [0.1, 0.15) is 5.75 Å². The van der Waals surface area contributed by atoms with Crippen molar-refractivity contribution in [3.8, 4) is 5.75 Å².